The molecule has 1 saturated carbocycles. The Hall–Kier alpha value is -1.26. The Kier molecular flexibility index (Phi) is 6.33. The van der Waals surface area contributed by atoms with E-state index in [1.807, 2.05) is 31.2 Å². The molecule has 1 aromatic carbocycles. The molecule has 0 atom stereocenters. The number of nitrogens with two attached hydrogens (primary N) is 1. The molecule has 0 spiro atoms. The zero-order valence-corrected chi connectivity index (χ0v) is 13.0. The average molecular weight is 293 g/mol. The van der Waals surface area contributed by atoms with Crippen LogP contribution in [0, 0.1) is 0 Å². The number of ether oxygens (including phenoxy) is 3. The zero-order chi connectivity index (χ0) is 15.0. The van der Waals surface area contributed by atoms with Gasteiger partial charge >= 0.3 is 0 Å². The maximum atomic E-state index is 6.33. The Labute approximate surface area is 127 Å². The van der Waals surface area contributed by atoms with Crippen LogP contribution in [0.3, 0.4) is 0 Å². The Balaban J connectivity index is 1.67. The second-order valence-corrected chi connectivity index (χ2v) is 5.70. The van der Waals surface area contributed by atoms with Gasteiger partial charge in [-0.3, -0.25) is 0 Å². The first-order valence-corrected chi connectivity index (χ1v) is 7.95. The van der Waals surface area contributed by atoms with Gasteiger partial charge in [0.2, 0.25) is 0 Å². The van der Waals surface area contributed by atoms with Crippen LogP contribution in [-0.2, 0) is 4.74 Å². The van der Waals surface area contributed by atoms with Gasteiger partial charge in [-0.1, -0.05) is 31.4 Å². The quantitative estimate of drug-likeness (QED) is 0.748. The third-order valence-electron chi connectivity index (χ3n) is 3.87. The molecule has 2 rings (SSSR count). The smallest absolute Gasteiger partial charge is 0.161 e. The lowest BCUT2D eigenvalue weighted by atomic mass is 9.83. The van der Waals surface area contributed by atoms with Crippen molar-refractivity contribution in [3.63, 3.8) is 0 Å². The van der Waals surface area contributed by atoms with E-state index in [-0.39, 0.29) is 5.54 Å². The Bertz CT molecular complexity index is 416. The molecule has 4 nitrogen and oxygen atoms in total. The van der Waals surface area contributed by atoms with Crippen LogP contribution in [-0.4, -0.2) is 32.0 Å². The lowest BCUT2D eigenvalue weighted by Gasteiger charge is -2.32. The standard InChI is InChI=1S/C17H27NO3/c1-2-20-15-8-4-5-9-16(15)21-13-12-19-14-17(18)10-6-3-7-11-17/h4-5,8-9H,2-3,6-7,10-14,18H2,1H3. The van der Waals surface area contributed by atoms with Gasteiger partial charge < -0.3 is 19.9 Å². The molecule has 1 aliphatic carbocycles. The minimum absolute atomic E-state index is 0.124. The van der Waals surface area contributed by atoms with Crippen molar-refractivity contribution in [1.82, 2.24) is 0 Å². The topological polar surface area (TPSA) is 53.7 Å². The largest absolute Gasteiger partial charge is 0.490 e. The Morgan fingerprint density at radius 3 is 2.33 bits per heavy atom. The molecule has 0 heterocycles. The van der Waals surface area contributed by atoms with E-state index in [1.165, 1.54) is 19.3 Å². The van der Waals surface area contributed by atoms with Crippen LogP contribution in [0.15, 0.2) is 24.3 Å². The van der Waals surface area contributed by atoms with Crippen LogP contribution in [0.5, 0.6) is 11.5 Å². The molecular weight excluding hydrogens is 266 g/mol. The third kappa shape index (κ3) is 5.21. The van der Waals surface area contributed by atoms with Crippen molar-refractivity contribution < 1.29 is 14.2 Å². The predicted molar refractivity (Wildman–Crippen MR) is 83.9 cm³/mol. The predicted octanol–water partition coefficient (Wildman–Crippen LogP) is 3.14. The minimum Gasteiger partial charge on any atom is -0.490 e. The van der Waals surface area contributed by atoms with Crippen molar-refractivity contribution in [2.75, 3.05) is 26.4 Å². The molecule has 21 heavy (non-hydrogen) atoms. The molecule has 0 aliphatic heterocycles. The first-order chi connectivity index (χ1) is 10.2. The molecule has 2 N–H and O–H groups in total. The summed E-state index contributed by atoms with van der Waals surface area (Å²) in [5.41, 5.74) is 6.21. The van der Waals surface area contributed by atoms with Crippen LogP contribution in [0.25, 0.3) is 0 Å². The highest BCUT2D eigenvalue weighted by Crippen LogP contribution is 2.27. The fourth-order valence-corrected chi connectivity index (χ4v) is 2.73. The van der Waals surface area contributed by atoms with Crippen molar-refractivity contribution >= 4 is 0 Å². The monoisotopic (exact) mass is 293 g/mol. The molecule has 1 aliphatic rings. The van der Waals surface area contributed by atoms with Gasteiger partial charge in [0.25, 0.3) is 0 Å². The van der Waals surface area contributed by atoms with Crippen LogP contribution >= 0.6 is 0 Å². The second kappa shape index (κ2) is 8.25. The van der Waals surface area contributed by atoms with Crippen LogP contribution < -0.4 is 15.2 Å². The molecule has 4 heteroatoms. The molecule has 0 amide bonds. The number of para-hydroxylation sites is 2. The molecule has 1 fully saturated rings. The molecule has 0 aromatic heterocycles. The number of hydrogen-bond donors (Lipinski definition) is 1. The van der Waals surface area contributed by atoms with E-state index >= 15 is 0 Å². The van der Waals surface area contributed by atoms with E-state index < -0.39 is 0 Å². The summed E-state index contributed by atoms with van der Waals surface area (Å²) in [6.45, 7) is 4.29. The lowest BCUT2D eigenvalue weighted by molar-refractivity contribution is 0.0492. The Morgan fingerprint density at radius 1 is 1.00 bits per heavy atom. The first kappa shape index (κ1) is 16.1. The van der Waals surface area contributed by atoms with Gasteiger partial charge in [0.15, 0.2) is 11.5 Å². The highest BCUT2D eigenvalue weighted by atomic mass is 16.5. The molecule has 1 aromatic rings. The van der Waals surface area contributed by atoms with Gasteiger partial charge in [-0.25, -0.2) is 0 Å². The maximum absolute atomic E-state index is 6.33. The molecule has 0 bridgehead atoms. The zero-order valence-electron chi connectivity index (χ0n) is 13.0. The third-order valence-corrected chi connectivity index (χ3v) is 3.87. The van der Waals surface area contributed by atoms with Gasteiger partial charge in [-0.05, 0) is 31.9 Å². The maximum Gasteiger partial charge on any atom is 0.161 e. The fourth-order valence-electron chi connectivity index (χ4n) is 2.73. The number of hydrogen-bond acceptors (Lipinski definition) is 4. The number of rotatable bonds is 8. The summed E-state index contributed by atoms with van der Waals surface area (Å²) in [5, 5.41) is 0. The van der Waals surface area contributed by atoms with Gasteiger partial charge in [-0.2, -0.15) is 0 Å². The van der Waals surface area contributed by atoms with E-state index in [4.69, 9.17) is 19.9 Å². The average Bonchev–Trinajstić information content (AvgIpc) is 2.49. The summed E-state index contributed by atoms with van der Waals surface area (Å²) in [7, 11) is 0. The summed E-state index contributed by atoms with van der Waals surface area (Å²) in [6, 6.07) is 7.71. The SMILES string of the molecule is CCOc1ccccc1OCCOCC1(N)CCCCC1. The molecule has 118 valence electrons. The van der Waals surface area contributed by atoms with Gasteiger partial charge in [0, 0.05) is 5.54 Å². The minimum atomic E-state index is -0.124. The van der Waals surface area contributed by atoms with E-state index in [0.717, 1.165) is 24.3 Å². The second-order valence-electron chi connectivity index (χ2n) is 5.70. The van der Waals surface area contributed by atoms with Crippen LogP contribution in [0.1, 0.15) is 39.0 Å². The highest BCUT2D eigenvalue weighted by Gasteiger charge is 2.27. The molecule has 0 unspecified atom stereocenters. The van der Waals surface area contributed by atoms with E-state index in [1.54, 1.807) is 0 Å². The van der Waals surface area contributed by atoms with Crippen molar-refractivity contribution in [2.24, 2.45) is 5.73 Å². The van der Waals surface area contributed by atoms with Crippen LogP contribution in [0.4, 0.5) is 0 Å². The summed E-state index contributed by atoms with van der Waals surface area (Å²) in [4.78, 5) is 0. The van der Waals surface area contributed by atoms with Crippen LogP contribution in [0.2, 0.25) is 0 Å². The van der Waals surface area contributed by atoms with E-state index in [9.17, 15) is 0 Å². The summed E-state index contributed by atoms with van der Waals surface area (Å²) in [5.74, 6) is 1.55. The summed E-state index contributed by atoms with van der Waals surface area (Å²) >= 11 is 0. The van der Waals surface area contributed by atoms with E-state index in [2.05, 4.69) is 0 Å². The van der Waals surface area contributed by atoms with Gasteiger partial charge in [-0.15, -0.1) is 0 Å². The normalized spacial score (nSPS) is 17.4. The number of benzene rings is 1. The van der Waals surface area contributed by atoms with Gasteiger partial charge in [0.1, 0.15) is 6.61 Å². The highest BCUT2D eigenvalue weighted by molar-refractivity contribution is 5.39. The summed E-state index contributed by atoms with van der Waals surface area (Å²) < 4.78 is 16.9. The van der Waals surface area contributed by atoms with Crippen molar-refractivity contribution in [2.45, 2.75) is 44.6 Å². The van der Waals surface area contributed by atoms with Crippen molar-refractivity contribution in [1.29, 1.82) is 0 Å². The van der Waals surface area contributed by atoms with E-state index in [0.29, 0.717) is 26.4 Å². The Morgan fingerprint density at radius 2 is 1.67 bits per heavy atom. The molecule has 0 radical (unpaired) electrons. The van der Waals surface area contributed by atoms with Gasteiger partial charge in [0.05, 0.1) is 19.8 Å². The summed E-state index contributed by atoms with van der Waals surface area (Å²) in [6.07, 6.45) is 5.88. The molecular formula is C17H27NO3. The van der Waals surface area contributed by atoms with Crippen molar-refractivity contribution in [3.05, 3.63) is 24.3 Å². The fraction of sp³-hybridized carbons (Fsp3) is 0.647. The first-order valence-electron chi connectivity index (χ1n) is 7.95. The lowest BCUT2D eigenvalue weighted by Crippen LogP contribution is -2.46. The van der Waals surface area contributed by atoms with Crippen molar-refractivity contribution in [3.8, 4) is 11.5 Å². The molecule has 0 saturated heterocycles.